The molecule has 5 nitrogen and oxygen atoms in total. The third-order valence-corrected chi connectivity index (χ3v) is 3.92. The highest BCUT2D eigenvalue weighted by molar-refractivity contribution is 6.04. The Balaban J connectivity index is 1.83. The number of aromatic nitrogens is 2. The van der Waals surface area contributed by atoms with Gasteiger partial charge in [0.05, 0.1) is 17.1 Å². The second-order valence-corrected chi connectivity index (χ2v) is 5.58. The number of amides is 1. The minimum Gasteiger partial charge on any atom is -0.341 e. The third-order valence-electron chi connectivity index (χ3n) is 3.92. The lowest BCUT2D eigenvalue weighted by atomic mass is 10.2. The summed E-state index contributed by atoms with van der Waals surface area (Å²) in [5.41, 5.74) is 2.94. The van der Waals surface area contributed by atoms with Crippen molar-refractivity contribution in [3.05, 3.63) is 47.3 Å². The number of carbonyl (C=O) groups is 1. The molecular formula is C17H20N4O. The lowest BCUT2D eigenvalue weighted by Crippen LogP contribution is -2.22. The van der Waals surface area contributed by atoms with E-state index in [2.05, 4.69) is 20.2 Å². The molecule has 1 aliphatic rings. The first kappa shape index (κ1) is 14.5. The number of nitrogens with one attached hydrogen (secondary N) is 1. The standard InChI is InChI=1S/C17H20N4O/c1-12-15(20-16(22)14-8-4-3-5-9-14)13(2)19-17(18-12)21-10-6-7-11-21/h3-5,8-9H,6-7,10-11H2,1-2H3,(H,20,22). The topological polar surface area (TPSA) is 58.1 Å². The van der Waals surface area contributed by atoms with Crippen molar-refractivity contribution in [1.82, 2.24) is 9.97 Å². The van der Waals surface area contributed by atoms with Crippen molar-refractivity contribution in [2.24, 2.45) is 0 Å². The van der Waals surface area contributed by atoms with E-state index < -0.39 is 0 Å². The Morgan fingerprint density at radius 1 is 1.05 bits per heavy atom. The van der Waals surface area contributed by atoms with Gasteiger partial charge in [0.25, 0.3) is 5.91 Å². The largest absolute Gasteiger partial charge is 0.341 e. The van der Waals surface area contributed by atoms with Gasteiger partial charge in [-0.05, 0) is 38.8 Å². The summed E-state index contributed by atoms with van der Waals surface area (Å²) < 4.78 is 0. The number of anilines is 2. The minimum atomic E-state index is -0.135. The molecule has 0 saturated carbocycles. The Morgan fingerprint density at radius 3 is 2.23 bits per heavy atom. The van der Waals surface area contributed by atoms with Crippen LogP contribution in [0.4, 0.5) is 11.6 Å². The van der Waals surface area contributed by atoms with Gasteiger partial charge >= 0.3 is 0 Å². The molecule has 0 bridgehead atoms. The van der Waals surface area contributed by atoms with Crippen molar-refractivity contribution in [2.75, 3.05) is 23.3 Å². The maximum atomic E-state index is 12.3. The zero-order chi connectivity index (χ0) is 15.5. The predicted octanol–water partition coefficient (Wildman–Crippen LogP) is 2.95. The highest BCUT2D eigenvalue weighted by Gasteiger charge is 2.18. The van der Waals surface area contributed by atoms with Crippen LogP contribution in [0.2, 0.25) is 0 Å². The molecule has 1 fully saturated rings. The first-order valence-corrected chi connectivity index (χ1v) is 7.62. The Labute approximate surface area is 130 Å². The van der Waals surface area contributed by atoms with Gasteiger partial charge in [-0.2, -0.15) is 0 Å². The van der Waals surface area contributed by atoms with Gasteiger partial charge in [-0.25, -0.2) is 9.97 Å². The van der Waals surface area contributed by atoms with E-state index in [4.69, 9.17) is 0 Å². The molecule has 114 valence electrons. The van der Waals surface area contributed by atoms with E-state index in [1.54, 1.807) is 12.1 Å². The van der Waals surface area contributed by atoms with E-state index in [1.165, 1.54) is 12.8 Å². The summed E-state index contributed by atoms with van der Waals surface area (Å²) >= 11 is 0. The molecule has 0 radical (unpaired) electrons. The second-order valence-electron chi connectivity index (χ2n) is 5.58. The summed E-state index contributed by atoms with van der Waals surface area (Å²) in [6.07, 6.45) is 2.38. The molecular weight excluding hydrogens is 276 g/mol. The van der Waals surface area contributed by atoms with Crippen molar-refractivity contribution in [2.45, 2.75) is 26.7 Å². The SMILES string of the molecule is Cc1nc(N2CCCC2)nc(C)c1NC(=O)c1ccccc1. The predicted molar refractivity (Wildman–Crippen MR) is 87.3 cm³/mol. The Bertz CT molecular complexity index is 655. The van der Waals surface area contributed by atoms with Crippen LogP contribution in [0.25, 0.3) is 0 Å². The van der Waals surface area contributed by atoms with Crippen molar-refractivity contribution in [3.8, 4) is 0 Å². The molecule has 1 saturated heterocycles. The lowest BCUT2D eigenvalue weighted by Gasteiger charge is -2.18. The average Bonchev–Trinajstić information content (AvgIpc) is 3.06. The Hall–Kier alpha value is -2.43. The minimum absolute atomic E-state index is 0.135. The zero-order valence-corrected chi connectivity index (χ0v) is 13.0. The van der Waals surface area contributed by atoms with Crippen LogP contribution < -0.4 is 10.2 Å². The van der Waals surface area contributed by atoms with Crippen LogP contribution >= 0.6 is 0 Å². The highest BCUT2D eigenvalue weighted by atomic mass is 16.1. The van der Waals surface area contributed by atoms with E-state index in [1.807, 2.05) is 32.0 Å². The molecule has 0 atom stereocenters. The smallest absolute Gasteiger partial charge is 0.255 e. The van der Waals surface area contributed by atoms with Gasteiger partial charge in [0, 0.05) is 18.7 Å². The van der Waals surface area contributed by atoms with E-state index in [9.17, 15) is 4.79 Å². The van der Waals surface area contributed by atoms with Crippen LogP contribution in [-0.4, -0.2) is 29.0 Å². The van der Waals surface area contributed by atoms with Gasteiger partial charge < -0.3 is 10.2 Å². The molecule has 1 N–H and O–H groups in total. The van der Waals surface area contributed by atoms with Gasteiger partial charge in [0.2, 0.25) is 5.95 Å². The Kier molecular flexibility index (Phi) is 4.04. The van der Waals surface area contributed by atoms with Gasteiger partial charge in [0.1, 0.15) is 0 Å². The number of hydrogen-bond acceptors (Lipinski definition) is 4. The summed E-state index contributed by atoms with van der Waals surface area (Å²) in [4.78, 5) is 23.6. The Morgan fingerprint density at radius 2 is 1.64 bits per heavy atom. The molecule has 3 rings (SSSR count). The molecule has 0 unspecified atom stereocenters. The summed E-state index contributed by atoms with van der Waals surface area (Å²) in [6.45, 7) is 5.84. The maximum Gasteiger partial charge on any atom is 0.255 e. The van der Waals surface area contributed by atoms with Gasteiger partial charge in [-0.3, -0.25) is 4.79 Å². The molecule has 0 spiro atoms. The molecule has 2 heterocycles. The molecule has 22 heavy (non-hydrogen) atoms. The molecule has 1 aliphatic heterocycles. The molecule has 0 aliphatic carbocycles. The van der Waals surface area contributed by atoms with Crippen LogP contribution in [0.5, 0.6) is 0 Å². The molecule has 1 aromatic heterocycles. The van der Waals surface area contributed by atoms with Crippen LogP contribution in [0.3, 0.4) is 0 Å². The van der Waals surface area contributed by atoms with Crippen LogP contribution in [0, 0.1) is 13.8 Å². The van der Waals surface area contributed by atoms with Gasteiger partial charge in [-0.15, -0.1) is 0 Å². The lowest BCUT2D eigenvalue weighted by molar-refractivity contribution is 0.102. The van der Waals surface area contributed by atoms with Gasteiger partial charge in [0.15, 0.2) is 0 Å². The number of nitrogens with zero attached hydrogens (tertiary/aromatic N) is 3. The number of hydrogen-bond donors (Lipinski definition) is 1. The summed E-state index contributed by atoms with van der Waals surface area (Å²) in [6, 6.07) is 9.17. The fraction of sp³-hybridized carbons (Fsp3) is 0.353. The van der Waals surface area contributed by atoms with E-state index in [0.717, 1.165) is 30.4 Å². The van der Waals surface area contributed by atoms with Crippen LogP contribution in [0.15, 0.2) is 30.3 Å². The molecule has 1 amide bonds. The normalized spacial score (nSPS) is 14.2. The fourth-order valence-corrected chi connectivity index (χ4v) is 2.71. The van der Waals surface area contributed by atoms with Crippen LogP contribution in [-0.2, 0) is 0 Å². The molecule has 1 aromatic carbocycles. The number of carbonyl (C=O) groups excluding carboxylic acids is 1. The molecule has 2 aromatic rings. The first-order valence-electron chi connectivity index (χ1n) is 7.62. The summed E-state index contributed by atoms with van der Waals surface area (Å²) in [5.74, 6) is 0.634. The maximum absolute atomic E-state index is 12.3. The third kappa shape index (κ3) is 2.93. The number of rotatable bonds is 3. The van der Waals surface area contributed by atoms with Crippen molar-refractivity contribution >= 4 is 17.5 Å². The quantitative estimate of drug-likeness (QED) is 0.946. The van der Waals surface area contributed by atoms with Crippen molar-refractivity contribution in [3.63, 3.8) is 0 Å². The first-order chi connectivity index (χ1) is 10.6. The number of benzene rings is 1. The molecule has 5 heteroatoms. The van der Waals surface area contributed by atoms with Gasteiger partial charge in [-0.1, -0.05) is 18.2 Å². The van der Waals surface area contributed by atoms with Crippen molar-refractivity contribution < 1.29 is 4.79 Å². The monoisotopic (exact) mass is 296 g/mol. The summed E-state index contributed by atoms with van der Waals surface area (Å²) in [5, 5.41) is 2.93. The van der Waals surface area contributed by atoms with Crippen LogP contribution in [0.1, 0.15) is 34.6 Å². The average molecular weight is 296 g/mol. The zero-order valence-electron chi connectivity index (χ0n) is 13.0. The highest BCUT2D eigenvalue weighted by Crippen LogP contribution is 2.23. The van der Waals surface area contributed by atoms with Crippen molar-refractivity contribution in [1.29, 1.82) is 0 Å². The van der Waals surface area contributed by atoms with E-state index >= 15 is 0 Å². The number of aryl methyl sites for hydroxylation is 2. The fourth-order valence-electron chi connectivity index (χ4n) is 2.71. The van der Waals surface area contributed by atoms with E-state index in [0.29, 0.717) is 11.3 Å². The van der Waals surface area contributed by atoms with E-state index in [-0.39, 0.29) is 5.91 Å². The summed E-state index contributed by atoms with van der Waals surface area (Å²) in [7, 11) is 0. The second kappa shape index (κ2) is 6.13.